The summed E-state index contributed by atoms with van der Waals surface area (Å²) in [6.45, 7) is 9.97. The van der Waals surface area contributed by atoms with Crippen LogP contribution in [-0.4, -0.2) is 53.0 Å². The van der Waals surface area contributed by atoms with Crippen molar-refractivity contribution in [1.82, 2.24) is 19.7 Å². The molecule has 0 fully saturated rings. The number of sulfone groups is 1. The van der Waals surface area contributed by atoms with Crippen LogP contribution in [0.15, 0.2) is 24.1 Å². The molecule has 0 aliphatic carbocycles. The average molecular weight is 300 g/mol. The maximum absolute atomic E-state index is 12.2. The van der Waals surface area contributed by atoms with Crippen LogP contribution in [-0.2, 0) is 9.84 Å². The van der Waals surface area contributed by atoms with E-state index < -0.39 is 15.9 Å². The number of nitrogens with zero attached hydrogens (tertiary/aromatic N) is 4. The molecular formula is C12H20N4O3S. The van der Waals surface area contributed by atoms with Crippen molar-refractivity contribution in [1.29, 1.82) is 0 Å². The fourth-order valence-electron chi connectivity index (χ4n) is 1.58. The number of hydrogen-bond acceptors (Lipinski definition) is 5. The summed E-state index contributed by atoms with van der Waals surface area (Å²) in [6, 6.07) is -0.413. The van der Waals surface area contributed by atoms with Crippen molar-refractivity contribution in [3.8, 4) is 0 Å². The van der Waals surface area contributed by atoms with Crippen molar-refractivity contribution < 1.29 is 13.2 Å². The Kier molecular flexibility index (Phi) is 5.43. The number of carbonyl (C=O) groups excluding carboxylic acids is 1. The molecule has 0 saturated carbocycles. The quantitative estimate of drug-likeness (QED) is 0.737. The zero-order valence-electron chi connectivity index (χ0n) is 12.0. The van der Waals surface area contributed by atoms with Crippen LogP contribution in [0.5, 0.6) is 0 Å². The molecule has 20 heavy (non-hydrogen) atoms. The molecule has 0 atom stereocenters. The first kappa shape index (κ1) is 16.4. The SMILES string of the molecule is C=CCN(CC(C)C)C(=O)n1cnc(S(=O)(=O)CC)n1. The van der Waals surface area contributed by atoms with Crippen LogP contribution < -0.4 is 0 Å². The average Bonchev–Trinajstić information content (AvgIpc) is 2.87. The van der Waals surface area contributed by atoms with Crippen LogP contribution in [0, 0.1) is 5.92 Å². The second kappa shape index (κ2) is 6.65. The third kappa shape index (κ3) is 3.89. The molecule has 0 aromatic carbocycles. The van der Waals surface area contributed by atoms with Gasteiger partial charge in [0.1, 0.15) is 6.33 Å². The van der Waals surface area contributed by atoms with Gasteiger partial charge in [-0.15, -0.1) is 11.7 Å². The molecule has 7 nitrogen and oxygen atoms in total. The Hall–Kier alpha value is -1.70. The van der Waals surface area contributed by atoms with Gasteiger partial charge in [0, 0.05) is 13.1 Å². The molecular weight excluding hydrogens is 280 g/mol. The lowest BCUT2D eigenvalue weighted by Crippen LogP contribution is -2.37. The van der Waals surface area contributed by atoms with E-state index in [-0.39, 0.29) is 16.8 Å². The van der Waals surface area contributed by atoms with Gasteiger partial charge in [-0.3, -0.25) is 0 Å². The van der Waals surface area contributed by atoms with Crippen molar-refractivity contribution in [3.63, 3.8) is 0 Å². The molecule has 1 amide bonds. The predicted octanol–water partition coefficient (Wildman–Crippen LogP) is 1.18. The minimum Gasteiger partial charge on any atom is -0.319 e. The summed E-state index contributed by atoms with van der Waals surface area (Å²) in [6.07, 6.45) is 2.74. The number of aromatic nitrogens is 3. The molecule has 1 aromatic heterocycles. The van der Waals surface area contributed by atoms with Gasteiger partial charge in [-0.1, -0.05) is 26.8 Å². The minimum atomic E-state index is -3.51. The molecule has 1 heterocycles. The number of rotatable bonds is 6. The maximum atomic E-state index is 12.2. The van der Waals surface area contributed by atoms with Gasteiger partial charge in [0.05, 0.1) is 5.75 Å². The number of hydrogen-bond donors (Lipinski definition) is 0. The highest BCUT2D eigenvalue weighted by Gasteiger charge is 2.22. The van der Waals surface area contributed by atoms with E-state index in [9.17, 15) is 13.2 Å². The Labute approximate surface area is 119 Å². The summed E-state index contributed by atoms with van der Waals surface area (Å²) in [5.74, 6) is 0.175. The third-order valence-corrected chi connectivity index (χ3v) is 4.03. The fourth-order valence-corrected chi connectivity index (χ4v) is 2.26. The van der Waals surface area contributed by atoms with Gasteiger partial charge in [0.2, 0.25) is 9.84 Å². The van der Waals surface area contributed by atoms with Crippen LogP contribution in [0.25, 0.3) is 0 Å². The molecule has 0 aliphatic rings. The first-order valence-corrected chi connectivity index (χ1v) is 8.01. The van der Waals surface area contributed by atoms with Crippen LogP contribution in [0.2, 0.25) is 0 Å². The molecule has 0 unspecified atom stereocenters. The van der Waals surface area contributed by atoms with E-state index >= 15 is 0 Å². The van der Waals surface area contributed by atoms with E-state index in [0.29, 0.717) is 13.1 Å². The Bertz CT molecular complexity index is 577. The van der Waals surface area contributed by atoms with Crippen LogP contribution >= 0.6 is 0 Å². The molecule has 1 rings (SSSR count). The standard InChI is InChI=1S/C12H20N4O3S/c1-5-7-15(8-10(3)4)12(17)16-9-13-11(14-16)20(18,19)6-2/h5,9-10H,1,6-8H2,2-4H3. The maximum Gasteiger partial charge on any atom is 0.346 e. The van der Waals surface area contributed by atoms with Crippen LogP contribution in [0.3, 0.4) is 0 Å². The lowest BCUT2D eigenvalue weighted by Gasteiger charge is -2.22. The Balaban J connectivity index is 2.98. The molecule has 0 radical (unpaired) electrons. The molecule has 0 spiro atoms. The zero-order valence-corrected chi connectivity index (χ0v) is 12.8. The van der Waals surface area contributed by atoms with Crippen molar-refractivity contribution in [3.05, 3.63) is 19.0 Å². The van der Waals surface area contributed by atoms with Gasteiger partial charge in [0.25, 0.3) is 5.16 Å². The summed E-state index contributed by atoms with van der Waals surface area (Å²) < 4.78 is 24.2. The highest BCUT2D eigenvalue weighted by atomic mass is 32.2. The van der Waals surface area contributed by atoms with E-state index in [2.05, 4.69) is 16.7 Å². The summed E-state index contributed by atoms with van der Waals surface area (Å²) >= 11 is 0. The molecule has 1 aromatic rings. The van der Waals surface area contributed by atoms with Gasteiger partial charge in [-0.05, 0) is 5.92 Å². The topological polar surface area (TPSA) is 85.2 Å². The summed E-state index contributed by atoms with van der Waals surface area (Å²) in [7, 11) is -3.51. The molecule has 112 valence electrons. The number of amides is 1. The van der Waals surface area contributed by atoms with Crippen molar-refractivity contribution >= 4 is 15.9 Å². The lowest BCUT2D eigenvalue weighted by molar-refractivity contribution is 0.195. The molecule has 0 saturated heterocycles. The molecule has 0 N–H and O–H groups in total. The van der Waals surface area contributed by atoms with E-state index in [1.165, 1.54) is 11.8 Å². The van der Waals surface area contributed by atoms with E-state index in [4.69, 9.17) is 0 Å². The number of carbonyl (C=O) groups is 1. The molecule has 8 heteroatoms. The van der Waals surface area contributed by atoms with Gasteiger partial charge < -0.3 is 4.90 Å². The van der Waals surface area contributed by atoms with Gasteiger partial charge >= 0.3 is 6.03 Å². The van der Waals surface area contributed by atoms with E-state index in [1.807, 2.05) is 13.8 Å². The largest absolute Gasteiger partial charge is 0.346 e. The second-order valence-electron chi connectivity index (χ2n) is 4.75. The summed E-state index contributed by atoms with van der Waals surface area (Å²) in [4.78, 5) is 17.5. The second-order valence-corrected chi connectivity index (χ2v) is 6.92. The van der Waals surface area contributed by atoms with Gasteiger partial charge in [-0.2, -0.15) is 4.68 Å². The van der Waals surface area contributed by atoms with Gasteiger partial charge in [0.15, 0.2) is 0 Å². The lowest BCUT2D eigenvalue weighted by atomic mass is 10.2. The smallest absolute Gasteiger partial charge is 0.319 e. The third-order valence-electron chi connectivity index (χ3n) is 2.53. The molecule has 0 aliphatic heterocycles. The Morgan fingerprint density at radius 2 is 2.20 bits per heavy atom. The first-order chi connectivity index (χ1) is 9.31. The first-order valence-electron chi connectivity index (χ1n) is 6.36. The highest BCUT2D eigenvalue weighted by molar-refractivity contribution is 7.91. The Morgan fingerprint density at radius 1 is 1.55 bits per heavy atom. The fraction of sp³-hybridized carbons (Fsp3) is 0.583. The van der Waals surface area contributed by atoms with Crippen molar-refractivity contribution in [2.75, 3.05) is 18.8 Å². The summed E-state index contributed by atoms with van der Waals surface area (Å²) in [5, 5.41) is 3.43. The van der Waals surface area contributed by atoms with Crippen molar-refractivity contribution in [2.45, 2.75) is 25.9 Å². The van der Waals surface area contributed by atoms with Gasteiger partial charge in [-0.25, -0.2) is 18.2 Å². The van der Waals surface area contributed by atoms with Crippen molar-refractivity contribution in [2.24, 2.45) is 5.92 Å². The highest BCUT2D eigenvalue weighted by Crippen LogP contribution is 2.06. The van der Waals surface area contributed by atoms with E-state index in [0.717, 1.165) is 11.0 Å². The van der Waals surface area contributed by atoms with Crippen LogP contribution in [0.1, 0.15) is 20.8 Å². The molecule has 0 bridgehead atoms. The predicted molar refractivity (Wildman–Crippen MR) is 75.2 cm³/mol. The van der Waals surface area contributed by atoms with E-state index in [1.54, 1.807) is 6.08 Å². The minimum absolute atomic E-state index is 0.104. The van der Waals surface area contributed by atoms with Crippen LogP contribution in [0.4, 0.5) is 4.79 Å². The Morgan fingerprint density at radius 3 is 2.70 bits per heavy atom. The zero-order chi connectivity index (χ0) is 15.3. The summed E-state index contributed by atoms with van der Waals surface area (Å²) in [5.41, 5.74) is 0. The monoisotopic (exact) mass is 300 g/mol. The normalized spacial score (nSPS) is 11.6.